The fraction of sp³-hybridized carbons (Fsp3) is 1.00. The average Bonchev–Trinajstić information content (AvgIpc) is 2.11. The van der Waals surface area contributed by atoms with Crippen molar-refractivity contribution in [2.45, 2.75) is 32.8 Å². The molecule has 2 fully saturated rings. The number of likely N-dealkylation sites (tertiary alicyclic amines) is 1. The Kier molecular flexibility index (Phi) is 3.65. The summed E-state index contributed by atoms with van der Waals surface area (Å²) < 4.78 is 10.9. The highest BCUT2D eigenvalue weighted by molar-refractivity contribution is 4.99. The smallest absolute Gasteiger partial charge is 0.0569 e. The Morgan fingerprint density at radius 3 is 2.67 bits per heavy atom. The van der Waals surface area contributed by atoms with Gasteiger partial charge in [0.2, 0.25) is 0 Å². The first-order chi connectivity index (χ1) is 7.24. The minimum atomic E-state index is 0.424. The maximum atomic E-state index is 5.65. The van der Waals surface area contributed by atoms with Gasteiger partial charge in [0, 0.05) is 31.7 Å². The second-order valence-electron chi connectivity index (χ2n) is 5.15. The Morgan fingerprint density at radius 2 is 2.13 bits per heavy atom. The van der Waals surface area contributed by atoms with Gasteiger partial charge >= 0.3 is 0 Å². The maximum absolute atomic E-state index is 5.65. The largest absolute Gasteiger partial charge is 0.380 e. The minimum absolute atomic E-state index is 0.424. The van der Waals surface area contributed by atoms with E-state index in [2.05, 4.69) is 18.7 Å². The second-order valence-corrected chi connectivity index (χ2v) is 5.15. The van der Waals surface area contributed by atoms with Crippen LogP contribution in [0, 0.1) is 5.41 Å². The Morgan fingerprint density at radius 1 is 1.40 bits per heavy atom. The number of rotatable bonds is 6. The van der Waals surface area contributed by atoms with Crippen LogP contribution in [0.1, 0.15) is 26.7 Å². The summed E-state index contributed by atoms with van der Waals surface area (Å²) in [5.74, 6) is 0. The van der Waals surface area contributed by atoms with E-state index in [0.29, 0.717) is 11.5 Å². The molecule has 3 heteroatoms. The van der Waals surface area contributed by atoms with Crippen molar-refractivity contribution in [2.24, 2.45) is 5.41 Å². The molecule has 1 unspecified atom stereocenters. The second kappa shape index (κ2) is 4.81. The van der Waals surface area contributed by atoms with Crippen LogP contribution in [-0.4, -0.2) is 50.5 Å². The molecule has 2 heterocycles. The third-order valence-corrected chi connectivity index (χ3v) is 3.53. The van der Waals surface area contributed by atoms with Gasteiger partial charge in [0.25, 0.3) is 0 Å². The van der Waals surface area contributed by atoms with Crippen LogP contribution >= 0.6 is 0 Å². The first-order valence-electron chi connectivity index (χ1n) is 6.16. The highest BCUT2D eigenvalue weighted by Crippen LogP contribution is 2.37. The van der Waals surface area contributed by atoms with Gasteiger partial charge in [-0.05, 0) is 19.8 Å². The molecule has 2 saturated heterocycles. The molecule has 0 aromatic carbocycles. The van der Waals surface area contributed by atoms with Crippen LogP contribution in [0.3, 0.4) is 0 Å². The zero-order chi connectivity index (χ0) is 10.7. The summed E-state index contributed by atoms with van der Waals surface area (Å²) in [4.78, 5) is 2.52. The van der Waals surface area contributed by atoms with E-state index in [0.717, 1.165) is 26.2 Å². The number of hydrogen-bond acceptors (Lipinski definition) is 3. The van der Waals surface area contributed by atoms with Gasteiger partial charge in [-0.2, -0.15) is 0 Å². The molecule has 0 bridgehead atoms. The minimum Gasteiger partial charge on any atom is -0.380 e. The van der Waals surface area contributed by atoms with Crippen LogP contribution < -0.4 is 0 Å². The summed E-state index contributed by atoms with van der Waals surface area (Å²) in [5.41, 5.74) is 0.567. The Balaban J connectivity index is 1.46. The molecule has 88 valence electrons. The standard InChI is InChI=1S/C12H23NO2/c1-3-11(2)15-6-4-5-13-7-12(8-13)9-14-10-12/h11H,3-10H2,1-2H3. The summed E-state index contributed by atoms with van der Waals surface area (Å²) in [6.07, 6.45) is 2.71. The molecule has 0 aromatic rings. The maximum Gasteiger partial charge on any atom is 0.0569 e. The molecule has 2 aliphatic rings. The zero-order valence-electron chi connectivity index (χ0n) is 10.00. The van der Waals surface area contributed by atoms with Crippen LogP contribution in [0.5, 0.6) is 0 Å². The molecular weight excluding hydrogens is 190 g/mol. The predicted octanol–water partition coefficient (Wildman–Crippen LogP) is 1.52. The molecule has 0 aliphatic carbocycles. The first kappa shape index (κ1) is 11.4. The highest BCUT2D eigenvalue weighted by atomic mass is 16.5. The number of ether oxygens (including phenoxy) is 2. The molecule has 2 rings (SSSR count). The molecule has 1 spiro atoms. The van der Waals surface area contributed by atoms with E-state index in [1.54, 1.807) is 0 Å². The van der Waals surface area contributed by atoms with Crippen molar-refractivity contribution in [3.63, 3.8) is 0 Å². The third kappa shape index (κ3) is 2.71. The van der Waals surface area contributed by atoms with Crippen molar-refractivity contribution < 1.29 is 9.47 Å². The van der Waals surface area contributed by atoms with Crippen molar-refractivity contribution in [2.75, 3.05) is 39.5 Å². The van der Waals surface area contributed by atoms with E-state index in [9.17, 15) is 0 Å². The average molecular weight is 213 g/mol. The van der Waals surface area contributed by atoms with Gasteiger partial charge in [0.15, 0.2) is 0 Å². The van der Waals surface area contributed by atoms with Crippen LogP contribution in [0.2, 0.25) is 0 Å². The molecule has 2 aliphatic heterocycles. The molecule has 0 radical (unpaired) electrons. The normalized spacial score (nSPS) is 26.0. The fourth-order valence-corrected chi connectivity index (χ4v) is 2.32. The van der Waals surface area contributed by atoms with E-state index in [4.69, 9.17) is 9.47 Å². The summed E-state index contributed by atoms with van der Waals surface area (Å²) in [6.45, 7) is 10.9. The molecule has 1 atom stereocenters. The lowest BCUT2D eigenvalue weighted by molar-refractivity contribution is -0.189. The SMILES string of the molecule is CCC(C)OCCCN1CC2(COC2)C1. The lowest BCUT2D eigenvalue weighted by atomic mass is 9.78. The van der Waals surface area contributed by atoms with E-state index in [1.165, 1.54) is 26.1 Å². The topological polar surface area (TPSA) is 21.7 Å². The van der Waals surface area contributed by atoms with Crippen molar-refractivity contribution in [3.8, 4) is 0 Å². The lowest BCUT2D eigenvalue weighted by Gasteiger charge is -2.55. The fourth-order valence-electron chi connectivity index (χ4n) is 2.32. The van der Waals surface area contributed by atoms with Gasteiger partial charge in [0.1, 0.15) is 0 Å². The van der Waals surface area contributed by atoms with Crippen LogP contribution in [0.25, 0.3) is 0 Å². The summed E-state index contributed by atoms with van der Waals surface area (Å²) in [5, 5.41) is 0. The van der Waals surface area contributed by atoms with Gasteiger partial charge in [-0.3, -0.25) is 0 Å². The molecule has 0 amide bonds. The van der Waals surface area contributed by atoms with Crippen molar-refractivity contribution in [3.05, 3.63) is 0 Å². The number of hydrogen-bond donors (Lipinski definition) is 0. The van der Waals surface area contributed by atoms with Gasteiger partial charge in [-0.15, -0.1) is 0 Å². The first-order valence-corrected chi connectivity index (χ1v) is 6.16. The third-order valence-electron chi connectivity index (χ3n) is 3.53. The van der Waals surface area contributed by atoms with E-state index < -0.39 is 0 Å². The van der Waals surface area contributed by atoms with Crippen LogP contribution in [0.15, 0.2) is 0 Å². The summed E-state index contributed by atoms with van der Waals surface area (Å²) in [7, 11) is 0. The Hall–Kier alpha value is -0.120. The highest BCUT2D eigenvalue weighted by Gasteiger charge is 2.48. The molecule has 3 nitrogen and oxygen atoms in total. The van der Waals surface area contributed by atoms with Crippen molar-refractivity contribution >= 4 is 0 Å². The lowest BCUT2D eigenvalue weighted by Crippen LogP contribution is -2.65. The Labute approximate surface area is 92.7 Å². The van der Waals surface area contributed by atoms with Gasteiger partial charge in [0.05, 0.1) is 19.3 Å². The Bertz CT molecular complexity index is 196. The van der Waals surface area contributed by atoms with E-state index >= 15 is 0 Å². The molecule has 0 aromatic heterocycles. The van der Waals surface area contributed by atoms with Crippen molar-refractivity contribution in [1.29, 1.82) is 0 Å². The summed E-state index contributed by atoms with van der Waals surface area (Å²) in [6, 6.07) is 0. The van der Waals surface area contributed by atoms with Gasteiger partial charge < -0.3 is 14.4 Å². The number of nitrogens with zero attached hydrogens (tertiary/aromatic N) is 1. The molecular formula is C12H23NO2. The van der Waals surface area contributed by atoms with Crippen LogP contribution in [0.4, 0.5) is 0 Å². The van der Waals surface area contributed by atoms with Crippen LogP contribution in [-0.2, 0) is 9.47 Å². The molecule has 15 heavy (non-hydrogen) atoms. The summed E-state index contributed by atoms with van der Waals surface area (Å²) >= 11 is 0. The zero-order valence-corrected chi connectivity index (χ0v) is 10.00. The monoisotopic (exact) mass is 213 g/mol. The van der Waals surface area contributed by atoms with Gasteiger partial charge in [-0.25, -0.2) is 0 Å². The quantitative estimate of drug-likeness (QED) is 0.624. The van der Waals surface area contributed by atoms with E-state index in [1.807, 2.05) is 0 Å². The molecule has 0 N–H and O–H groups in total. The van der Waals surface area contributed by atoms with Crippen molar-refractivity contribution in [1.82, 2.24) is 4.90 Å². The predicted molar refractivity (Wildman–Crippen MR) is 60.0 cm³/mol. The van der Waals surface area contributed by atoms with E-state index in [-0.39, 0.29) is 0 Å². The molecule has 0 saturated carbocycles. The van der Waals surface area contributed by atoms with Gasteiger partial charge in [-0.1, -0.05) is 6.92 Å².